The van der Waals surface area contributed by atoms with E-state index in [0.29, 0.717) is 14.9 Å². The Balaban J connectivity index is 1.43. The summed E-state index contributed by atoms with van der Waals surface area (Å²) in [5.74, 6) is -0.151. The fourth-order valence-electron chi connectivity index (χ4n) is 3.39. The maximum atomic E-state index is 13.2. The summed E-state index contributed by atoms with van der Waals surface area (Å²) in [7, 11) is 0. The average Bonchev–Trinajstić information content (AvgIpc) is 3.38. The molecule has 5 aromatic rings. The predicted octanol–water partition coefficient (Wildman–Crippen LogP) is 8.11. The molecule has 0 atom stereocenters. The molecule has 164 valence electrons. The summed E-state index contributed by atoms with van der Waals surface area (Å²) in [6.45, 7) is 1.95. The van der Waals surface area contributed by atoms with E-state index in [1.807, 2.05) is 90.5 Å². The number of halogens is 2. The van der Waals surface area contributed by atoms with E-state index < -0.39 is 0 Å². The van der Waals surface area contributed by atoms with Crippen LogP contribution in [0.5, 0.6) is 0 Å². The lowest BCUT2D eigenvalue weighted by Gasteiger charge is -2.10. The van der Waals surface area contributed by atoms with E-state index in [9.17, 15) is 4.79 Å². The minimum Gasteiger partial charge on any atom is -0.320 e. The Kier molecular flexibility index (Phi) is 6.17. The molecule has 33 heavy (non-hydrogen) atoms. The summed E-state index contributed by atoms with van der Waals surface area (Å²) in [6.07, 6.45) is 0. The van der Waals surface area contributed by atoms with E-state index in [-0.39, 0.29) is 5.91 Å². The molecular weight excluding hydrogens is 493 g/mol. The predicted molar refractivity (Wildman–Crippen MR) is 139 cm³/mol. The number of thiophene rings is 1. The van der Waals surface area contributed by atoms with Gasteiger partial charge in [0.15, 0.2) is 0 Å². The average molecular weight is 510 g/mol. The fraction of sp³-hybridized carbons (Fsp3) is 0.0400. The summed E-state index contributed by atoms with van der Waals surface area (Å²) in [4.78, 5) is 16.7. The number of aryl methyl sites for hydroxylation is 1. The number of aromatic nitrogens is 2. The highest BCUT2D eigenvalue weighted by Gasteiger charge is 2.18. The normalized spacial score (nSPS) is 11.1. The quantitative estimate of drug-likeness (QED) is 0.260. The standard InChI is InChI=1S/C25H17Cl2N3OS2/c1-15-20-14-23(33-25(20)30(29-15)18-10-6-16(26)7-11-18)24(31)28-21-4-2-3-5-22(21)32-19-12-8-17(27)9-13-19/h2-14H,1H3,(H,28,31). The number of hydrogen-bond donors (Lipinski definition) is 1. The molecule has 0 fully saturated rings. The first-order valence-electron chi connectivity index (χ1n) is 10.1. The largest absolute Gasteiger partial charge is 0.320 e. The van der Waals surface area contributed by atoms with Crippen LogP contribution in [0.15, 0.2) is 88.7 Å². The van der Waals surface area contributed by atoms with E-state index in [2.05, 4.69) is 10.4 Å². The zero-order valence-electron chi connectivity index (χ0n) is 17.4. The number of nitrogens with zero attached hydrogens (tertiary/aromatic N) is 2. The number of amides is 1. The Bertz CT molecular complexity index is 1460. The highest BCUT2D eigenvalue weighted by atomic mass is 35.5. The molecule has 5 rings (SSSR count). The van der Waals surface area contributed by atoms with E-state index in [1.54, 1.807) is 11.8 Å². The summed E-state index contributed by atoms with van der Waals surface area (Å²) in [6, 6.07) is 24.8. The number of carbonyl (C=O) groups excluding carboxylic acids is 1. The smallest absolute Gasteiger partial charge is 0.265 e. The van der Waals surface area contributed by atoms with Crippen molar-refractivity contribution in [3.8, 4) is 5.69 Å². The SMILES string of the molecule is Cc1nn(-c2ccc(Cl)cc2)c2sc(C(=O)Nc3ccccc3Sc3ccc(Cl)cc3)cc12. The van der Waals surface area contributed by atoms with Crippen LogP contribution in [0.2, 0.25) is 10.0 Å². The molecule has 2 aromatic heterocycles. The van der Waals surface area contributed by atoms with Crippen molar-refractivity contribution < 1.29 is 4.79 Å². The minimum absolute atomic E-state index is 0.151. The molecule has 0 saturated heterocycles. The molecule has 3 aromatic carbocycles. The molecule has 0 radical (unpaired) electrons. The van der Waals surface area contributed by atoms with Crippen molar-refractivity contribution in [3.05, 3.63) is 99.5 Å². The van der Waals surface area contributed by atoms with Crippen molar-refractivity contribution in [1.29, 1.82) is 0 Å². The van der Waals surface area contributed by atoms with E-state index in [1.165, 1.54) is 11.3 Å². The van der Waals surface area contributed by atoms with Crippen LogP contribution in [0.25, 0.3) is 15.9 Å². The molecule has 1 N–H and O–H groups in total. The van der Waals surface area contributed by atoms with Crippen LogP contribution >= 0.6 is 46.3 Å². The number of anilines is 1. The second kappa shape index (κ2) is 9.23. The van der Waals surface area contributed by atoms with Gasteiger partial charge in [-0.1, -0.05) is 47.1 Å². The van der Waals surface area contributed by atoms with Crippen LogP contribution in [-0.2, 0) is 0 Å². The van der Waals surface area contributed by atoms with Crippen molar-refractivity contribution >= 4 is 68.1 Å². The van der Waals surface area contributed by atoms with Crippen molar-refractivity contribution in [3.63, 3.8) is 0 Å². The Labute approximate surface area is 209 Å². The lowest BCUT2D eigenvalue weighted by atomic mass is 10.3. The van der Waals surface area contributed by atoms with Crippen molar-refractivity contribution in [2.75, 3.05) is 5.32 Å². The van der Waals surface area contributed by atoms with E-state index >= 15 is 0 Å². The molecule has 4 nitrogen and oxygen atoms in total. The van der Waals surface area contributed by atoms with Gasteiger partial charge in [0.1, 0.15) is 4.83 Å². The molecule has 0 unspecified atom stereocenters. The van der Waals surface area contributed by atoms with Crippen LogP contribution < -0.4 is 5.32 Å². The Morgan fingerprint density at radius 1 is 0.970 bits per heavy atom. The highest BCUT2D eigenvalue weighted by Crippen LogP contribution is 2.35. The Morgan fingerprint density at radius 3 is 2.36 bits per heavy atom. The van der Waals surface area contributed by atoms with Gasteiger partial charge in [0.05, 0.1) is 21.9 Å². The first-order chi connectivity index (χ1) is 16.0. The molecule has 0 spiro atoms. The number of fused-ring (bicyclic) bond motifs is 1. The van der Waals surface area contributed by atoms with Crippen molar-refractivity contribution in [2.24, 2.45) is 0 Å². The third kappa shape index (κ3) is 4.66. The maximum absolute atomic E-state index is 13.2. The highest BCUT2D eigenvalue weighted by molar-refractivity contribution is 7.99. The molecule has 0 bridgehead atoms. The minimum atomic E-state index is -0.151. The third-order valence-corrected chi connectivity index (χ3v) is 7.71. The van der Waals surface area contributed by atoms with Crippen molar-refractivity contribution in [2.45, 2.75) is 16.7 Å². The molecule has 0 aliphatic carbocycles. The van der Waals surface area contributed by atoms with Crippen LogP contribution in [0.3, 0.4) is 0 Å². The number of nitrogens with one attached hydrogen (secondary N) is 1. The van der Waals surface area contributed by atoms with Gasteiger partial charge in [-0.05, 0) is 73.7 Å². The molecule has 0 saturated carbocycles. The van der Waals surface area contributed by atoms with Gasteiger partial charge in [0.25, 0.3) is 5.91 Å². The zero-order valence-corrected chi connectivity index (χ0v) is 20.5. The number of para-hydroxylation sites is 1. The molecule has 1 amide bonds. The molecule has 0 aliphatic rings. The van der Waals surface area contributed by atoms with Gasteiger partial charge in [-0.25, -0.2) is 4.68 Å². The van der Waals surface area contributed by atoms with Gasteiger partial charge in [0, 0.05) is 25.2 Å². The first-order valence-corrected chi connectivity index (χ1v) is 12.5. The lowest BCUT2D eigenvalue weighted by molar-refractivity contribution is 0.103. The van der Waals surface area contributed by atoms with E-state index in [4.69, 9.17) is 23.2 Å². The van der Waals surface area contributed by atoms with Gasteiger partial charge in [-0.15, -0.1) is 11.3 Å². The van der Waals surface area contributed by atoms with Crippen LogP contribution in [0.4, 0.5) is 5.69 Å². The Morgan fingerprint density at radius 2 is 1.64 bits per heavy atom. The summed E-state index contributed by atoms with van der Waals surface area (Å²) < 4.78 is 1.85. The third-order valence-electron chi connectivity index (χ3n) is 5.02. The van der Waals surface area contributed by atoms with Gasteiger partial charge < -0.3 is 5.32 Å². The molecule has 2 heterocycles. The second-order valence-electron chi connectivity index (χ2n) is 7.31. The number of hydrogen-bond acceptors (Lipinski definition) is 4. The monoisotopic (exact) mass is 509 g/mol. The number of rotatable bonds is 5. The second-order valence-corrected chi connectivity index (χ2v) is 10.3. The topological polar surface area (TPSA) is 46.9 Å². The van der Waals surface area contributed by atoms with Gasteiger partial charge in [-0.3, -0.25) is 4.79 Å². The fourth-order valence-corrected chi connectivity index (χ4v) is 5.62. The van der Waals surface area contributed by atoms with Gasteiger partial charge in [-0.2, -0.15) is 5.10 Å². The summed E-state index contributed by atoms with van der Waals surface area (Å²) >= 11 is 15.0. The number of benzene rings is 3. The number of carbonyl (C=O) groups is 1. The van der Waals surface area contributed by atoms with Crippen molar-refractivity contribution in [1.82, 2.24) is 9.78 Å². The molecule has 8 heteroatoms. The Hall–Kier alpha value is -2.77. The van der Waals surface area contributed by atoms with Crippen LogP contribution in [-0.4, -0.2) is 15.7 Å². The molecule has 0 aliphatic heterocycles. The van der Waals surface area contributed by atoms with Crippen LogP contribution in [0.1, 0.15) is 15.4 Å². The van der Waals surface area contributed by atoms with Gasteiger partial charge in [0.2, 0.25) is 0 Å². The maximum Gasteiger partial charge on any atom is 0.265 e. The summed E-state index contributed by atoms with van der Waals surface area (Å²) in [5, 5.41) is 10.0. The summed E-state index contributed by atoms with van der Waals surface area (Å²) in [5.41, 5.74) is 2.53. The van der Waals surface area contributed by atoms with Gasteiger partial charge >= 0.3 is 0 Å². The van der Waals surface area contributed by atoms with Crippen LogP contribution in [0, 0.1) is 6.92 Å². The van der Waals surface area contributed by atoms with E-state index in [0.717, 1.165) is 37.1 Å². The lowest BCUT2D eigenvalue weighted by Crippen LogP contribution is -2.10. The first kappa shape index (κ1) is 22.0. The zero-order chi connectivity index (χ0) is 22.9. The molecular formula is C25H17Cl2N3OS2.